The highest BCUT2D eigenvalue weighted by molar-refractivity contribution is 8.24. The average Bonchev–Trinajstić information content (AvgIpc) is 3.23. The van der Waals surface area contributed by atoms with E-state index in [1.807, 2.05) is 12.1 Å². The lowest BCUT2D eigenvalue weighted by atomic mass is 10.2. The van der Waals surface area contributed by atoms with Gasteiger partial charge in [0.25, 0.3) is 0 Å². The van der Waals surface area contributed by atoms with Crippen molar-refractivity contribution in [3.8, 4) is 0 Å². The molecule has 1 saturated heterocycles. The van der Waals surface area contributed by atoms with Crippen molar-refractivity contribution in [2.75, 3.05) is 22.7 Å². The van der Waals surface area contributed by atoms with Gasteiger partial charge in [-0.3, -0.25) is 5.01 Å². The fourth-order valence-electron chi connectivity index (χ4n) is 4.10. The molecule has 0 radical (unpaired) electrons. The van der Waals surface area contributed by atoms with Crippen molar-refractivity contribution >= 4 is 63.0 Å². The third kappa shape index (κ3) is 5.18. The van der Waals surface area contributed by atoms with Gasteiger partial charge in [0, 0.05) is 22.7 Å². The van der Waals surface area contributed by atoms with E-state index in [9.17, 15) is 0 Å². The molecule has 0 amide bonds. The van der Waals surface area contributed by atoms with Crippen LogP contribution in [0.5, 0.6) is 0 Å². The van der Waals surface area contributed by atoms with Crippen LogP contribution < -0.4 is 9.80 Å². The maximum atomic E-state index is 5.98. The minimum atomic E-state index is -0.0318. The first-order valence-corrected chi connectivity index (χ1v) is 13.8. The topological polar surface area (TPSA) is 13.0 Å². The lowest BCUT2D eigenvalue weighted by molar-refractivity contribution is 0.177. The predicted octanol–water partition coefficient (Wildman–Crippen LogP) is 7.73. The van der Waals surface area contributed by atoms with Crippen LogP contribution in [-0.2, 0) is 0 Å². The van der Waals surface area contributed by atoms with Crippen LogP contribution in [0, 0.1) is 0 Å². The number of thiocarbonyl (C=S) groups is 1. The van der Waals surface area contributed by atoms with Crippen molar-refractivity contribution in [1.82, 2.24) is 9.42 Å². The molecule has 176 valence electrons. The fraction of sp³-hybridized carbons (Fsp3) is 0.107. The third-order valence-corrected chi connectivity index (χ3v) is 8.17. The molecule has 0 aromatic heterocycles. The number of rotatable bonds is 8. The smallest absolute Gasteiger partial charge is 0.169 e. The molecule has 0 N–H and O–H groups in total. The van der Waals surface area contributed by atoms with Crippen molar-refractivity contribution in [3.05, 3.63) is 121 Å². The molecule has 4 aromatic carbocycles. The second kappa shape index (κ2) is 11.2. The minimum absolute atomic E-state index is 0.0318. The Morgan fingerprint density at radius 3 is 1.49 bits per heavy atom. The molecule has 5 rings (SSSR count). The Morgan fingerprint density at radius 1 is 0.686 bits per heavy atom. The Kier molecular flexibility index (Phi) is 7.59. The third-order valence-electron chi connectivity index (χ3n) is 5.73. The second-order valence-corrected chi connectivity index (χ2v) is 10.3. The van der Waals surface area contributed by atoms with Gasteiger partial charge in [0.05, 0.1) is 0 Å². The monoisotopic (exact) mass is 514 g/mol. The number of hydrazine groups is 1. The van der Waals surface area contributed by atoms with E-state index in [4.69, 9.17) is 12.2 Å². The average molecular weight is 515 g/mol. The van der Waals surface area contributed by atoms with Crippen molar-refractivity contribution in [3.63, 3.8) is 0 Å². The maximum Gasteiger partial charge on any atom is 0.169 e. The standard InChI is InChI=1S/C28H26N4S3/c1-34-32-27(31(25-18-10-4-11-19-25)26-20-12-5-13-21-26)35-28(33)30(32)22-29(23-14-6-2-7-15-23)24-16-8-3-9-17-24/h2-21,27H,22H2,1H3. The van der Waals surface area contributed by atoms with Gasteiger partial charge in [0.2, 0.25) is 0 Å². The first-order chi connectivity index (χ1) is 17.3. The summed E-state index contributed by atoms with van der Waals surface area (Å²) in [6.07, 6.45) is 2.11. The van der Waals surface area contributed by atoms with Crippen LogP contribution >= 0.6 is 35.9 Å². The SMILES string of the molecule is CSN1C(N(c2ccccc2)c2ccccc2)SC(=S)N1CN(c1ccccc1)c1ccccc1. The molecular weight excluding hydrogens is 489 g/mol. The lowest BCUT2D eigenvalue weighted by Crippen LogP contribution is -2.47. The summed E-state index contributed by atoms with van der Waals surface area (Å²) in [7, 11) is 0. The largest absolute Gasteiger partial charge is 0.322 e. The number of hydrogen-bond acceptors (Lipinski definition) is 6. The summed E-state index contributed by atoms with van der Waals surface area (Å²) in [5, 5.41) is 2.20. The molecule has 4 aromatic rings. The van der Waals surface area contributed by atoms with Crippen molar-refractivity contribution in [2.45, 2.75) is 5.50 Å². The zero-order valence-electron chi connectivity index (χ0n) is 19.3. The molecule has 7 heteroatoms. The van der Waals surface area contributed by atoms with E-state index in [2.05, 4.69) is 135 Å². The summed E-state index contributed by atoms with van der Waals surface area (Å²) in [4.78, 5) is 4.65. The summed E-state index contributed by atoms with van der Waals surface area (Å²) in [5.74, 6) is 0. The summed E-state index contributed by atoms with van der Waals surface area (Å²) >= 11 is 9.36. The van der Waals surface area contributed by atoms with E-state index < -0.39 is 0 Å². The molecule has 1 atom stereocenters. The number of nitrogens with zero attached hydrogens (tertiary/aromatic N) is 4. The van der Waals surface area contributed by atoms with Crippen LogP contribution in [0.15, 0.2) is 121 Å². The molecule has 0 bridgehead atoms. The van der Waals surface area contributed by atoms with Gasteiger partial charge in [-0.1, -0.05) is 109 Å². The number of para-hydroxylation sites is 4. The van der Waals surface area contributed by atoms with E-state index in [0.29, 0.717) is 6.67 Å². The molecule has 1 aliphatic rings. The molecule has 35 heavy (non-hydrogen) atoms. The first kappa shape index (κ1) is 23.8. The Labute approximate surface area is 221 Å². The zero-order chi connectivity index (χ0) is 24.0. The fourth-order valence-corrected chi connectivity index (χ4v) is 6.60. The summed E-state index contributed by atoms with van der Waals surface area (Å²) in [5.41, 5.74) is 4.47. The van der Waals surface area contributed by atoms with Gasteiger partial charge < -0.3 is 9.80 Å². The van der Waals surface area contributed by atoms with Crippen molar-refractivity contribution < 1.29 is 0 Å². The quantitative estimate of drug-likeness (QED) is 0.174. The number of hydrogen-bond donors (Lipinski definition) is 0. The molecule has 0 aliphatic carbocycles. The highest BCUT2D eigenvalue weighted by Crippen LogP contribution is 2.43. The zero-order valence-corrected chi connectivity index (χ0v) is 21.8. The number of anilines is 4. The van der Waals surface area contributed by atoms with Crippen LogP contribution in [0.4, 0.5) is 22.7 Å². The number of benzene rings is 4. The van der Waals surface area contributed by atoms with Crippen molar-refractivity contribution in [2.24, 2.45) is 0 Å². The minimum Gasteiger partial charge on any atom is -0.322 e. The number of thioether (sulfide) groups is 1. The van der Waals surface area contributed by atoms with E-state index in [1.54, 1.807) is 23.7 Å². The molecule has 0 spiro atoms. The van der Waals surface area contributed by atoms with Gasteiger partial charge in [0.15, 0.2) is 9.82 Å². The van der Waals surface area contributed by atoms with E-state index >= 15 is 0 Å². The highest BCUT2D eigenvalue weighted by atomic mass is 32.2. The van der Waals surface area contributed by atoms with Crippen LogP contribution in [0.25, 0.3) is 0 Å². The van der Waals surface area contributed by atoms with E-state index in [1.165, 1.54) is 0 Å². The van der Waals surface area contributed by atoms with E-state index in [0.717, 1.165) is 27.1 Å². The summed E-state index contributed by atoms with van der Waals surface area (Å²) in [6, 6.07) is 42.0. The maximum absolute atomic E-state index is 5.98. The Morgan fingerprint density at radius 2 is 1.09 bits per heavy atom. The second-order valence-electron chi connectivity index (χ2n) is 7.88. The molecule has 1 aliphatic heterocycles. The lowest BCUT2D eigenvalue weighted by Gasteiger charge is -2.39. The predicted molar refractivity (Wildman–Crippen MR) is 156 cm³/mol. The Balaban J connectivity index is 1.51. The van der Waals surface area contributed by atoms with Gasteiger partial charge in [-0.2, -0.15) is 0 Å². The molecule has 1 fully saturated rings. The highest BCUT2D eigenvalue weighted by Gasteiger charge is 2.41. The summed E-state index contributed by atoms with van der Waals surface area (Å²) in [6.45, 7) is 0.606. The van der Waals surface area contributed by atoms with Crippen LogP contribution in [0.2, 0.25) is 0 Å². The molecular formula is C28H26N4S3. The molecule has 1 unspecified atom stereocenters. The Bertz CT molecular complexity index is 1150. The van der Waals surface area contributed by atoms with Gasteiger partial charge in [-0.15, -0.1) is 4.41 Å². The Hall–Kier alpha value is -2.97. The van der Waals surface area contributed by atoms with E-state index in [-0.39, 0.29) is 5.50 Å². The molecule has 1 heterocycles. The summed E-state index contributed by atoms with van der Waals surface area (Å²) < 4.78 is 3.13. The van der Waals surface area contributed by atoms with Crippen molar-refractivity contribution in [1.29, 1.82) is 0 Å². The molecule has 4 nitrogen and oxygen atoms in total. The van der Waals surface area contributed by atoms with Crippen LogP contribution in [0.3, 0.4) is 0 Å². The molecule has 0 saturated carbocycles. The first-order valence-electron chi connectivity index (χ1n) is 11.3. The van der Waals surface area contributed by atoms with Gasteiger partial charge in [-0.05, 0) is 54.8 Å². The normalized spacial score (nSPS) is 15.9. The van der Waals surface area contributed by atoms with Gasteiger partial charge in [-0.25, -0.2) is 0 Å². The van der Waals surface area contributed by atoms with Crippen LogP contribution in [0.1, 0.15) is 0 Å². The van der Waals surface area contributed by atoms with Crippen LogP contribution in [-0.4, -0.2) is 32.2 Å². The van der Waals surface area contributed by atoms with Gasteiger partial charge in [0.1, 0.15) is 6.67 Å². The van der Waals surface area contributed by atoms with Gasteiger partial charge >= 0.3 is 0 Å².